The number of hydrogen-bond acceptors (Lipinski definition) is 2. The number of hydrogen-bond donors (Lipinski definition) is 2. The van der Waals surface area contributed by atoms with Gasteiger partial charge in [-0.2, -0.15) is 0 Å². The lowest BCUT2D eigenvalue weighted by Gasteiger charge is -2.08. The van der Waals surface area contributed by atoms with Crippen molar-refractivity contribution in [3.63, 3.8) is 0 Å². The van der Waals surface area contributed by atoms with E-state index in [0.717, 1.165) is 64.1 Å². The lowest BCUT2D eigenvalue weighted by molar-refractivity contribution is 0.748. The Hall–Kier alpha value is -2.36. The zero-order valence-corrected chi connectivity index (χ0v) is 15.6. The molecule has 0 aliphatic heterocycles. The SMILES string of the molecule is Cc1c(Cl)ccc2c(CCCCN)c(-c3cccc4cccnc34)[nH]c12. The van der Waals surface area contributed by atoms with Crippen LogP contribution in [0, 0.1) is 6.92 Å². The fourth-order valence-corrected chi connectivity index (χ4v) is 3.83. The van der Waals surface area contributed by atoms with Crippen LogP contribution in [0.1, 0.15) is 24.0 Å². The van der Waals surface area contributed by atoms with Crippen LogP contribution >= 0.6 is 11.6 Å². The smallest absolute Gasteiger partial charge is 0.0795 e. The first kappa shape index (κ1) is 17.1. The topological polar surface area (TPSA) is 54.7 Å². The van der Waals surface area contributed by atoms with Gasteiger partial charge in [-0.25, -0.2) is 0 Å². The van der Waals surface area contributed by atoms with Crippen LogP contribution in [0.25, 0.3) is 33.1 Å². The summed E-state index contributed by atoms with van der Waals surface area (Å²) >= 11 is 6.37. The van der Waals surface area contributed by atoms with Gasteiger partial charge < -0.3 is 10.7 Å². The minimum atomic E-state index is 0.721. The summed E-state index contributed by atoms with van der Waals surface area (Å²) in [4.78, 5) is 8.29. The number of para-hydroxylation sites is 1. The van der Waals surface area contributed by atoms with Crippen molar-refractivity contribution in [1.29, 1.82) is 0 Å². The molecular weight excluding hydrogens is 342 g/mol. The van der Waals surface area contributed by atoms with Gasteiger partial charge in [-0.05, 0) is 56.0 Å². The van der Waals surface area contributed by atoms with Gasteiger partial charge >= 0.3 is 0 Å². The Kier molecular flexibility index (Phi) is 4.66. The normalized spacial score (nSPS) is 11.5. The molecule has 2 aromatic carbocycles. The molecule has 0 saturated heterocycles. The summed E-state index contributed by atoms with van der Waals surface area (Å²) in [6, 6.07) is 14.5. The first-order valence-corrected chi connectivity index (χ1v) is 9.42. The van der Waals surface area contributed by atoms with Crippen molar-refractivity contribution in [2.24, 2.45) is 5.73 Å². The maximum absolute atomic E-state index is 6.37. The van der Waals surface area contributed by atoms with Crippen molar-refractivity contribution in [3.05, 3.63) is 64.8 Å². The number of unbranched alkanes of at least 4 members (excludes halogenated alkanes) is 1. The molecule has 4 aromatic rings. The average molecular weight is 364 g/mol. The average Bonchev–Trinajstić information content (AvgIpc) is 3.04. The van der Waals surface area contributed by atoms with E-state index in [2.05, 4.69) is 47.2 Å². The van der Waals surface area contributed by atoms with E-state index in [0.29, 0.717) is 0 Å². The van der Waals surface area contributed by atoms with Gasteiger partial charge in [0.05, 0.1) is 16.7 Å². The summed E-state index contributed by atoms with van der Waals surface area (Å²) in [5.74, 6) is 0. The van der Waals surface area contributed by atoms with Gasteiger partial charge in [-0.3, -0.25) is 4.98 Å². The Bertz CT molecular complexity index is 1080. The second-order valence-corrected chi connectivity index (χ2v) is 7.11. The minimum absolute atomic E-state index is 0.721. The number of aromatic amines is 1. The Morgan fingerprint density at radius 1 is 1.08 bits per heavy atom. The van der Waals surface area contributed by atoms with E-state index < -0.39 is 0 Å². The summed E-state index contributed by atoms with van der Waals surface area (Å²) in [5.41, 5.74) is 12.5. The Labute approximate surface area is 158 Å². The number of nitrogens with two attached hydrogens (primary N) is 1. The van der Waals surface area contributed by atoms with Gasteiger partial charge in [-0.1, -0.05) is 41.9 Å². The molecule has 0 unspecified atom stereocenters. The van der Waals surface area contributed by atoms with E-state index in [1.165, 1.54) is 10.9 Å². The lowest BCUT2D eigenvalue weighted by Crippen LogP contribution is -1.99. The maximum Gasteiger partial charge on any atom is 0.0795 e. The highest BCUT2D eigenvalue weighted by Crippen LogP contribution is 2.37. The molecular formula is C22H22ClN3. The second kappa shape index (κ2) is 7.10. The summed E-state index contributed by atoms with van der Waals surface area (Å²) in [6.07, 6.45) is 4.92. The van der Waals surface area contributed by atoms with Crippen molar-refractivity contribution in [2.45, 2.75) is 26.2 Å². The van der Waals surface area contributed by atoms with Gasteiger partial charge in [0.25, 0.3) is 0 Å². The largest absolute Gasteiger partial charge is 0.354 e. The zero-order valence-electron chi connectivity index (χ0n) is 14.8. The van der Waals surface area contributed by atoms with Gasteiger partial charge in [-0.15, -0.1) is 0 Å². The molecule has 0 atom stereocenters. The highest BCUT2D eigenvalue weighted by Gasteiger charge is 2.17. The maximum atomic E-state index is 6.37. The van der Waals surface area contributed by atoms with Crippen molar-refractivity contribution >= 4 is 33.4 Å². The number of benzene rings is 2. The number of aromatic nitrogens is 2. The summed E-state index contributed by atoms with van der Waals surface area (Å²) < 4.78 is 0. The van der Waals surface area contributed by atoms with Crippen molar-refractivity contribution in [2.75, 3.05) is 6.54 Å². The molecule has 0 aliphatic carbocycles. The van der Waals surface area contributed by atoms with Crippen molar-refractivity contribution < 1.29 is 0 Å². The van der Waals surface area contributed by atoms with E-state index in [4.69, 9.17) is 17.3 Å². The molecule has 0 aliphatic rings. The number of nitrogens with zero attached hydrogens (tertiary/aromatic N) is 1. The quantitative estimate of drug-likeness (QED) is 0.452. The third kappa shape index (κ3) is 2.87. The number of pyridine rings is 1. The zero-order chi connectivity index (χ0) is 18.1. The summed E-state index contributed by atoms with van der Waals surface area (Å²) in [5, 5.41) is 3.17. The van der Waals surface area contributed by atoms with Crippen LogP contribution in [-0.2, 0) is 6.42 Å². The van der Waals surface area contributed by atoms with Crippen LogP contribution in [0.5, 0.6) is 0 Å². The first-order valence-electron chi connectivity index (χ1n) is 9.04. The highest BCUT2D eigenvalue weighted by atomic mass is 35.5. The number of rotatable bonds is 5. The molecule has 0 saturated carbocycles. The van der Waals surface area contributed by atoms with Crippen LogP contribution in [0.3, 0.4) is 0 Å². The Balaban J connectivity index is 1.98. The van der Waals surface area contributed by atoms with Gasteiger partial charge in [0.2, 0.25) is 0 Å². The number of halogens is 1. The van der Waals surface area contributed by atoms with Crippen LogP contribution in [0.15, 0.2) is 48.7 Å². The van der Waals surface area contributed by atoms with Gasteiger partial charge in [0.1, 0.15) is 0 Å². The highest BCUT2D eigenvalue weighted by molar-refractivity contribution is 6.32. The summed E-state index contributed by atoms with van der Waals surface area (Å²) in [6.45, 7) is 2.79. The molecule has 0 spiro atoms. The molecule has 4 rings (SSSR count). The van der Waals surface area contributed by atoms with Crippen LogP contribution in [0.4, 0.5) is 0 Å². The van der Waals surface area contributed by atoms with E-state index >= 15 is 0 Å². The third-order valence-electron chi connectivity index (χ3n) is 5.06. The molecule has 132 valence electrons. The Morgan fingerprint density at radius 2 is 1.92 bits per heavy atom. The van der Waals surface area contributed by atoms with Crippen LogP contribution < -0.4 is 5.73 Å². The number of aryl methyl sites for hydroxylation is 2. The molecule has 0 bridgehead atoms. The monoisotopic (exact) mass is 363 g/mol. The van der Waals surface area contributed by atoms with Crippen LogP contribution in [0.2, 0.25) is 5.02 Å². The molecule has 26 heavy (non-hydrogen) atoms. The first-order chi connectivity index (χ1) is 12.7. The predicted molar refractivity (Wildman–Crippen MR) is 111 cm³/mol. The number of fused-ring (bicyclic) bond motifs is 2. The van der Waals surface area contributed by atoms with E-state index in [1.807, 2.05) is 18.3 Å². The van der Waals surface area contributed by atoms with Gasteiger partial charge in [0.15, 0.2) is 0 Å². The lowest BCUT2D eigenvalue weighted by atomic mass is 9.98. The second-order valence-electron chi connectivity index (χ2n) is 6.70. The fourth-order valence-electron chi connectivity index (χ4n) is 3.68. The molecule has 3 nitrogen and oxygen atoms in total. The van der Waals surface area contributed by atoms with Crippen LogP contribution in [-0.4, -0.2) is 16.5 Å². The van der Waals surface area contributed by atoms with Crippen molar-refractivity contribution in [1.82, 2.24) is 9.97 Å². The minimum Gasteiger partial charge on any atom is -0.354 e. The predicted octanol–water partition coefficient (Wildman–Crippen LogP) is 5.63. The van der Waals surface area contributed by atoms with Crippen molar-refractivity contribution in [3.8, 4) is 11.3 Å². The number of H-pyrrole nitrogens is 1. The standard InChI is InChI=1S/C22H22ClN3/c1-14-19(23)11-10-17-16(8-2-3-12-24)22(26-20(14)17)18-9-4-6-15-7-5-13-25-21(15)18/h4-7,9-11,13,26H,2-3,8,12,24H2,1H3. The van der Waals surface area contributed by atoms with E-state index in [1.54, 1.807) is 0 Å². The molecule has 0 amide bonds. The molecule has 0 radical (unpaired) electrons. The molecule has 2 aromatic heterocycles. The summed E-state index contributed by atoms with van der Waals surface area (Å²) in [7, 11) is 0. The number of nitrogens with one attached hydrogen (secondary N) is 1. The third-order valence-corrected chi connectivity index (χ3v) is 5.47. The van der Waals surface area contributed by atoms with E-state index in [-0.39, 0.29) is 0 Å². The Morgan fingerprint density at radius 3 is 2.77 bits per heavy atom. The molecule has 4 heteroatoms. The van der Waals surface area contributed by atoms with Gasteiger partial charge in [0, 0.05) is 27.6 Å². The molecule has 2 heterocycles. The van der Waals surface area contributed by atoms with E-state index in [9.17, 15) is 0 Å². The fraction of sp³-hybridized carbons (Fsp3) is 0.227. The molecule has 3 N–H and O–H groups in total. The molecule has 0 fully saturated rings.